The minimum Gasteiger partial charge on any atom is -0.349 e. The number of H-pyrrole nitrogens is 1. The van der Waals surface area contributed by atoms with Gasteiger partial charge in [0.15, 0.2) is 0 Å². The number of benzene rings is 2. The van der Waals surface area contributed by atoms with Gasteiger partial charge in [-0.15, -0.1) is 0 Å². The van der Waals surface area contributed by atoms with E-state index in [1.54, 1.807) is 29.2 Å². The van der Waals surface area contributed by atoms with E-state index in [1.807, 2.05) is 37.4 Å². The minimum atomic E-state index is -3.69. The maximum Gasteiger partial charge on any atom is 0.272 e. The number of rotatable bonds is 5. The molecule has 7 nitrogen and oxygen atoms in total. The zero-order valence-electron chi connectivity index (χ0n) is 16.3. The molecule has 0 bridgehead atoms. The van der Waals surface area contributed by atoms with Gasteiger partial charge in [0.1, 0.15) is 5.69 Å². The number of aromatic amines is 1. The van der Waals surface area contributed by atoms with Gasteiger partial charge >= 0.3 is 0 Å². The van der Waals surface area contributed by atoms with Gasteiger partial charge in [0, 0.05) is 37.1 Å². The Balaban J connectivity index is 1.67. The zero-order chi connectivity index (χ0) is 20.4. The number of fused-ring (bicyclic) bond motifs is 1. The van der Waals surface area contributed by atoms with E-state index in [0.29, 0.717) is 29.7 Å². The number of nitrogens with one attached hydrogen (secondary N) is 2. The summed E-state index contributed by atoms with van der Waals surface area (Å²) in [7, 11) is -1.67. The lowest BCUT2D eigenvalue weighted by atomic mass is 10.2. The Morgan fingerprint density at radius 2 is 1.66 bits per heavy atom. The fourth-order valence-corrected chi connectivity index (χ4v) is 4.79. The lowest BCUT2D eigenvalue weighted by Crippen LogP contribution is -2.47. The van der Waals surface area contributed by atoms with E-state index in [9.17, 15) is 13.2 Å². The quantitative estimate of drug-likeness (QED) is 0.674. The molecule has 1 aromatic heterocycles. The van der Waals surface area contributed by atoms with Crippen molar-refractivity contribution < 1.29 is 13.2 Å². The SMILES string of the molecule is CN1CCN(C(=O)c2[nH]c3ccccc3c2NS(=O)(=O)Cc2ccccc2)CC1. The monoisotopic (exact) mass is 412 g/mol. The highest BCUT2D eigenvalue weighted by atomic mass is 32.2. The molecule has 2 heterocycles. The van der Waals surface area contributed by atoms with Crippen LogP contribution in [0.4, 0.5) is 5.69 Å². The molecule has 1 aliphatic rings. The number of hydrogen-bond donors (Lipinski definition) is 2. The molecule has 3 aromatic rings. The summed E-state index contributed by atoms with van der Waals surface area (Å²) in [6, 6.07) is 16.3. The molecule has 1 fully saturated rings. The number of hydrogen-bond acceptors (Lipinski definition) is 4. The second kappa shape index (κ2) is 7.88. The minimum absolute atomic E-state index is 0.157. The van der Waals surface area contributed by atoms with E-state index in [4.69, 9.17) is 0 Å². The van der Waals surface area contributed by atoms with Crippen molar-refractivity contribution in [2.24, 2.45) is 0 Å². The average molecular weight is 413 g/mol. The van der Waals surface area contributed by atoms with Crippen LogP contribution in [0.5, 0.6) is 0 Å². The summed E-state index contributed by atoms with van der Waals surface area (Å²) in [6.07, 6.45) is 0. The fourth-order valence-electron chi connectivity index (χ4n) is 3.56. The Hall–Kier alpha value is -2.84. The lowest BCUT2D eigenvalue weighted by Gasteiger charge is -2.32. The number of amides is 1. The van der Waals surface area contributed by atoms with E-state index in [0.717, 1.165) is 18.6 Å². The molecular formula is C21H24N4O3S. The van der Waals surface area contributed by atoms with E-state index >= 15 is 0 Å². The molecule has 0 saturated carbocycles. The number of para-hydroxylation sites is 1. The van der Waals surface area contributed by atoms with Crippen LogP contribution in [0.25, 0.3) is 10.9 Å². The van der Waals surface area contributed by atoms with Gasteiger partial charge in [-0.2, -0.15) is 0 Å². The van der Waals surface area contributed by atoms with Gasteiger partial charge in [0.05, 0.1) is 11.4 Å². The molecule has 1 amide bonds. The van der Waals surface area contributed by atoms with E-state index in [2.05, 4.69) is 14.6 Å². The molecule has 1 aliphatic heterocycles. The number of likely N-dealkylation sites (N-methyl/N-ethyl adjacent to an activating group) is 1. The summed E-state index contributed by atoms with van der Waals surface area (Å²) < 4.78 is 28.4. The molecule has 152 valence electrons. The Morgan fingerprint density at radius 3 is 2.38 bits per heavy atom. The number of aromatic nitrogens is 1. The molecule has 0 spiro atoms. The van der Waals surface area contributed by atoms with Crippen LogP contribution in [0.3, 0.4) is 0 Å². The first kappa shape index (κ1) is 19.5. The van der Waals surface area contributed by atoms with Gasteiger partial charge in [0.25, 0.3) is 5.91 Å². The van der Waals surface area contributed by atoms with Crippen LogP contribution in [0.2, 0.25) is 0 Å². The Bertz CT molecular complexity index is 1120. The average Bonchev–Trinajstić information content (AvgIpc) is 3.06. The molecule has 0 aliphatic carbocycles. The van der Waals surface area contributed by atoms with E-state index in [1.165, 1.54) is 0 Å². The van der Waals surface area contributed by atoms with Gasteiger partial charge in [-0.3, -0.25) is 9.52 Å². The van der Waals surface area contributed by atoms with E-state index in [-0.39, 0.29) is 17.4 Å². The number of carbonyl (C=O) groups excluding carboxylic acids is 1. The highest BCUT2D eigenvalue weighted by Crippen LogP contribution is 2.30. The summed E-state index contributed by atoms with van der Waals surface area (Å²) in [5, 5.41) is 0.682. The lowest BCUT2D eigenvalue weighted by molar-refractivity contribution is 0.0660. The van der Waals surface area contributed by atoms with Crippen LogP contribution < -0.4 is 4.72 Å². The normalized spacial score (nSPS) is 15.6. The second-order valence-electron chi connectivity index (χ2n) is 7.36. The largest absolute Gasteiger partial charge is 0.349 e. The molecule has 0 atom stereocenters. The Labute approximate surface area is 170 Å². The van der Waals surface area contributed by atoms with Crippen molar-refractivity contribution in [2.75, 3.05) is 37.9 Å². The third-order valence-corrected chi connectivity index (χ3v) is 6.40. The van der Waals surface area contributed by atoms with Gasteiger partial charge in [-0.05, 0) is 18.7 Å². The Morgan fingerprint density at radius 1 is 1.00 bits per heavy atom. The predicted molar refractivity (Wildman–Crippen MR) is 114 cm³/mol. The maximum absolute atomic E-state index is 13.2. The maximum atomic E-state index is 13.2. The number of nitrogens with zero attached hydrogens (tertiary/aromatic N) is 2. The van der Waals surface area contributed by atoms with Gasteiger partial charge in [-0.1, -0.05) is 48.5 Å². The fraction of sp³-hybridized carbons (Fsp3) is 0.286. The predicted octanol–water partition coefficient (Wildman–Crippen LogP) is 2.50. The standard InChI is InChI=1S/C21H24N4O3S/c1-24-11-13-25(14-12-24)21(26)20-19(17-9-5-6-10-18(17)22-20)23-29(27,28)15-16-7-3-2-4-8-16/h2-10,22-23H,11-15H2,1H3. The summed E-state index contributed by atoms with van der Waals surface area (Å²) >= 11 is 0. The van der Waals surface area contributed by atoms with E-state index < -0.39 is 10.0 Å². The Kier molecular flexibility index (Phi) is 5.29. The van der Waals surface area contributed by atoms with Crippen LogP contribution in [0.15, 0.2) is 54.6 Å². The summed E-state index contributed by atoms with van der Waals surface area (Å²) in [4.78, 5) is 20.2. The smallest absolute Gasteiger partial charge is 0.272 e. The highest BCUT2D eigenvalue weighted by Gasteiger charge is 2.27. The van der Waals surface area contributed by atoms with Crippen LogP contribution >= 0.6 is 0 Å². The second-order valence-corrected chi connectivity index (χ2v) is 9.09. The molecule has 0 radical (unpaired) electrons. The van der Waals surface area contributed by atoms with Crippen LogP contribution in [0.1, 0.15) is 16.1 Å². The third-order valence-electron chi connectivity index (χ3n) is 5.17. The van der Waals surface area contributed by atoms with Crippen molar-refractivity contribution in [3.05, 3.63) is 65.9 Å². The van der Waals surface area contributed by atoms with Crippen LogP contribution in [-0.2, 0) is 15.8 Å². The summed E-state index contributed by atoms with van der Waals surface area (Å²) in [5.74, 6) is -0.345. The van der Waals surface area contributed by atoms with Crippen LogP contribution in [-0.4, -0.2) is 62.3 Å². The van der Waals surface area contributed by atoms with Crippen molar-refractivity contribution in [2.45, 2.75) is 5.75 Å². The molecule has 2 N–H and O–H groups in total. The molecule has 2 aromatic carbocycles. The number of sulfonamides is 1. The summed E-state index contributed by atoms with van der Waals surface area (Å²) in [6.45, 7) is 2.81. The van der Waals surface area contributed by atoms with Crippen LogP contribution in [0, 0.1) is 0 Å². The zero-order valence-corrected chi connectivity index (χ0v) is 17.1. The molecule has 1 saturated heterocycles. The number of piperazine rings is 1. The molecule has 0 unspecified atom stereocenters. The third kappa shape index (κ3) is 4.28. The molecular weight excluding hydrogens is 388 g/mol. The first-order chi connectivity index (χ1) is 13.9. The summed E-state index contributed by atoms with van der Waals surface area (Å²) in [5.41, 5.74) is 2.02. The van der Waals surface area contributed by atoms with Gasteiger partial charge in [-0.25, -0.2) is 8.42 Å². The molecule has 29 heavy (non-hydrogen) atoms. The molecule has 8 heteroatoms. The van der Waals surface area contributed by atoms with Crippen molar-refractivity contribution in [3.8, 4) is 0 Å². The van der Waals surface area contributed by atoms with Crippen molar-refractivity contribution in [3.63, 3.8) is 0 Å². The van der Waals surface area contributed by atoms with Crippen molar-refractivity contribution in [1.29, 1.82) is 0 Å². The highest BCUT2D eigenvalue weighted by molar-refractivity contribution is 7.92. The number of carbonyl (C=O) groups is 1. The first-order valence-electron chi connectivity index (χ1n) is 9.56. The first-order valence-corrected chi connectivity index (χ1v) is 11.2. The number of anilines is 1. The topological polar surface area (TPSA) is 85.5 Å². The van der Waals surface area contributed by atoms with Crippen molar-refractivity contribution >= 4 is 32.5 Å². The molecule has 4 rings (SSSR count). The van der Waals surface area contributed by atoms with Crippen molar-refractivity contribution in [1.82, 2.24) is 14.8 Å². The van der Waals surface area contributed by atoms with Gasteiger partial charge < -0.3 is 14.8 Å². The van der Waals surface area contributed by atoms with Gasteiger partial charge in [0.2, 0.25) is 10.0 Å².